The molecule has 0 saturated carbocycles. The summed E-state index contributed by atoms with van der Waals surface area (Å²) in [4.78, 5) is 32.0. The number of hydrogen-bond donors (Lipinski definition) is 0. The van der Waals surface area contributed by atoms with Gasteiger partial charge < -0.3 is 9.30 Å². The van der Waals surface area contributed by atoms with Crippen molar-refractivity contribution in [2.45, 2.75) is 33.7 Å². The van der Waals surface area contributed by atoms with Crippen LogP contribution in [-0.2, 0) is 9.53 Å². The van der Waals surface area contributed by atoms with E-state index < -0.39 is 12.0 Å². The molecule has 194 valence electrons. The Labute approximate surface area is 227 Å². The molecule has 0 bridgehead atoms. The van der Waals surface area contributed by atoms with Crippen LogP contribution in [0.15, 0.2) is 75.7 Å². The Balaban J connectivity index is 1.68. The molecule has 3 heterocycles. The number of allylic oxidation sites excluding steroid dienone is 1. The summed E-state index contributed by atoms with van der Waals surface area (Å²) < 4.78 is 22.9. The predicted octanol–water partition coefficient (Wildman–Crippen LogP) is 5.00. The highest BCUT2D eigenvalue weighted by molar-refractivity contribution is 7.07. The molecule has 1 atom stereocenters. The Kier molecular flexibility index (Phi) is 6.94. The Morgan fingerprint density at radius 1 is 1.13 bits per heavy atom. The maximum atomic E-state index is 13.8. The largest absolute Gasteiger partial charge is 0.463 e. The van der Waals surface area contributed by atoms with Gasteiger partial charge in [0, 0.05) is 22.1 Å². The first kappa shape index (κ1) is 25.9. The lowest BCUT2D eigenvalue weighted by Crippen LogP contribution is -2.39. The normalized spacial score (nSPS) is 15.4. The highest BCUT2D eigenvalue weighted by Gasteiger charge is 2.33. The fourth-order valence-corrected chi connectivity index (χ4v) is 5.98. The Bertz CT molecular complexity index is 1760. The van der Waals surface area contributed by atoms with Crippen LogP contribution in [-0.4, -0.2) is 21.7 Å². The SMILES string of the molecule is CCOC(=O)C1=C(C)N=c2s/c(=C/c3cc(C)n(-c4ccc(F)cc4)c3C)c(=O)n2C1c1ccc(Cl)cc1. The molecule has 1 unspecified atom stereocenters. The minimum Gasteiger partial charge on any atom is -0.463 e. The predicted molar refractivity (Wildman–Crippen MR) is 147 cm³/mol. The van der Waals surface area contributed by atoms with E-state index >= 15 is 0 Å². The molecule has 5 rings (SSSR count). The molecule has 0 radical (unpaired) electrons. The molecule has 0 amide bonds. The number of aromatic nitrogens is 2. The van der Waals surface area contributed by atoms with Crippen molar-refractivity contribution in [2.75, 3.05) is 6.61 Å². The number of nitrogens with zero attached hydrogens (tertiary/aromatic N) is 3. The van der Waals surface area contributed by atoms with E-state index in [1.54, 1.807) is 54.8 Å². The summed E-state index contributed by atoms with van der Waals surface area (Å²) in [5.41, 5.74) is 4.86. The van der Waals surface area contributed by atoms with Gasteiger partial charge in [-0.2, -0.15) is 0 Å². The van der Waals surface area contributed by atoms with Gasteiger partial charge >= 0.3 is 5.97 Å². The third-order valence-corrected chi connectivity index (χ3v) is 7.78. The smallest absolute Gasteiger partial charge is 0.338 e. The van der Waals surface area contributed by atoms with Crippen LogP contribution in [0.2, 0.25) is 5.02 Å². The number of esters is 1. The van der Waals surface area contributed by atoms with E-state index in [4.69, 9.17) is 16.3 Å². The second-order valence-corrected chi connectivity index (χ2v) is 10.4. The number of halogens is 2. The number of rotatable bonds is 5. The summed E-state index contributed by atoms with van der Waals surface area (Å²) in [5, 5.41) is 0.552. The average molecular weight is 550 g/mol. The topological polar surface area (TPSA) is 65.6 Å². The lowest BCUT2D eigenvalue weighted by atomic mass is 9.96. The van der Waals surface area contributed by atoms with E-state index in [9.17, 15) is 14.0 Å². The number of hydrogen-bond acceptors (Lipinski definition) is 5. The van der Waals surface area contributed by atoms with Crippen molar-refractivity contribution in [3.8, 4) is 5.69 Å². The van der Waals surface area contributed by atoms with Crippen molar-refractivity contribution < 1.29 is 13.9 Å². The van der Waals surface area contributed by atoms with Gasteiger partial charge in [0.15, 0.2) is 4.80 Å². The number of thiazole rings is 1. The van der Waals surface area contributed by atoms with Gasteiger partial charge in [0.2, 0.25) is 0 Å². The standard InChI is InChI=1S/C29H25ClFN3O3S/c1-5-37-28(36)25-17(3)32-29-34(26(25)19-6-8-21(30)9-7-19)27(35)24(38-29)15-20-14-16(2)33(18(20)4)23-12-10-22(31)11-13-23/h6-15,26H,5H2,1-4H3/b24-15+. The van der Waals surface area contributed by atoms with Gasteiger partial charge in [0.1, 0.15) is 5.82 Å². The molecule has 9 heteroatoms. The molecule has 0 aliphatic carbocycles. The molecule has 4 aromatic rings. The maximum absolute atomic E-state index is 13.8. The first-order valence-corrected chi connectivity index (χ1v) is 13.3. The molecule has 6 nitrogen and oxygen atoms in total. The van der Waals surface area contributed by atoms with Gasteiger partial charge in [0.05, 0.1) is 28.5 Å². The molecule has 0 N–H and O–H groups in total. The van der Waals surface area contributed by atoms with Gasteiger partial charge in [-0.05, 0) is 87.4 Å². The van der Waals surface area contributed by atoms with Crippen LogP contribution in [0.5, 0.6) is 0 Å². The minimum absolute atomic E-state index is 0.205. The quantitative estimate of drug-likeness (QED) is 0.329. The minimum atomic E-state index is -0.698. The van der Waals surface area contributed by atoms with E-state index in [-0.39, 0.29) is 18.0 Å². The van der Waals surface area contributed by atoms with E-state index in [2.05, 4.69) is 4.99 Å². The second-order valence-electron chi connectivity index (χ2n) is 8.99. The third-order valence-electron chi connectivity index (χ3n) is 6.54. The number of carbonyl (C=O) groups is 1. The number of benzene rings is 2. The average Bonchev–Trinajstić information content (AvgIpc) is 3.34. The maximum Gasteiger partial charge on any atom is 0.338 e. The monoisotopic (exact) mass is 549 g/mol. The molecule has 0 saturated heterocycles. The number of carbonyl (C=O) groups excluding carboxylic acids is 1. The molecule has 1 aliphatic heterocycles. The van der Waals surface area contributed by atoms with E-state index in [0.717, 1.165) is 28.2 Å². The van der Waals surface area contributed by atoms with Crippen LogP contribution in [0.3, 0.4) is 0 Å². The zero-order chi connectivity index (χ0) is 27.1. The van der Waals surface area contributed by atoms with Gasteiger partial charge in [-0.3, -0.25) is 9.36 Å². The van der Waals surface area contributed by atoms with Crippen LogP contribution in [0.4, 0.5) is 4.39 Å². The summed E-state index contributed by atoms with van der Waals surface area (Å²) in [6.07, 6.45) is 1.84. The molecule has 1 aliphatic rings. The molecular weight excluding hydrogens is 525 g/mol. The summed E-state index contributed by atoms with van der Waals surface area (Å²) in [6, 6.07) is 14.6. The van der Waals surface area contributed by atoms with Crippen LogP contribution in [0.1, 0.15) is 42.4 Å². The highest BCUT2D eigenvalue weighted by atomic mass is 35.5. The van der Waals surface area contributed by atoms with Gasteiger partial charge in [0.25, 0.3) is 5.56 Å². The van der Waals surface area contributed by atoms with Crippen molar-refractivity contribution >= 4 is 35.0 Å². The van der Waals surface area contributed by atoms with Crippen molar-refractivity contribution in [3.63, 3.8) is 0 Å². The van der Waals surface area contributed by atoms with Gasteiger partial charge in [-0.25, -0.2) is 14.2 Å². The number of fused-ring (bicyclic) bond motifs is 1. The molecule has 0 fully saturated rings. The first-order chi connectivity index (χ1) is 18.2. The van der Waals surface area contributed by atoms with Crippen LogP contribution in [0, 0.1) is 19.7 Å². The Hall–Kier alpha value is -3.75. The Morgan fingerprint density at radius 3 is 2.47 bits per heavy atom. The highest BCUT2D eigenvalue weighted by Crippen LogP contribution is 2.31. The zero-order valence-electron chi connectivity index (χ0n) is 21.3. The molecule has 0 spiro atoms. The second kappa shape index (κ2) is 10.2. The summed E-state index contributed by atoms with van der Waals surface area (Å²) >= 11 is 7.39. The summed E-state index contributed by atoms with van der Waals surface area (Å²) in [6.45, 7) is 7.62. The lowest BCUT2D eigenvalue weighted by Gasteiger charge is -2.24. The third kappa shape index (κ3) is 4.54. The van der Waals surface area contributed by atoms with E-state index in [0.29, 0.717) is 25.6 Å². The van der Waals surface area contributed by atoms with E-state index in [1.165, 1.54) is 23.5 Å². The number of ether oxygens (including phenoxy) is 1. The molecule has 38 heavy (non-hydrogen) atoms. The molecular formula is C29H25ClFN3O3S. The molecule has 2 aromatic carbocycles. The first-order valence-electron chi connectivity index (χ1n) is 12.1. The van der Waals surface area contributed by atoms with Crippen molar-refractivity contribution in [2.24, 2.45) is 4.99 Å². The summed E-state index contributed by atoms with van der Waals surface area (Å²) in [7, 11) is 0. The fourth-order valence-electron chi connectivity index (χ4n) is 4.81. The molecule has 2 aromatic heterocycles. The van der Waals surface area contributed by atoms with E-state index in [1.807, 2.05) is 30.6 Å². The van der Waals surface area contributed by atoms with Crippen LogP contribution < -0.4 is 14.9 Å². The van der Waals surface area contributed by atoms with Crippen molar-refractivity contribution in [3.05, 3.63) is 119 Å². The summed E-state index contributed by atoms with van der Waals surface area (Å²) in [5.74, 6) is -0.809. The van der Waals surface area contributed by atoms with Crippen molar-refractivity contribution in [1.82, 2.24) is 9.13 Å². The van der Waals surface area contributed by atoms with Crippen LogP contribution in [0.25, 0.3) is 11.8 Å². The zero-order valence-corrected chi connectivity index (χ0v) is 22.9. The Morgan fingerprint density at radius 2 is 1.82 bits per heavy atom. The lowest BCUT2D eigenvalue weighted by molar-refractivity contribution is -0.139. The van der Waals surface area contributed by atoms with Gasteiger partial charge in [-0.15, -0.1) is 0 Å². The van der Waals surface area contributed by atoms with Crippen molar-refractivity contribution in [1.29, 1.82) is 0 Å². The van der Waals surface area contributed by atoms with Crippen LogP contribution >= 0.6 is 22.9 Å². The number of aryl methyl sites for hydroxylation is 1. The fraction of sp³-hybridized carbons (Fsp3) is 0.207. The van der Waals surface area contributed by atoms with Gasteiger partial charge in [-0.1, -0.05) is 35.1 Å².